The highest BCUT2D eigenvalue weighted by Gasteiger charge is 2.37. The fourth-order valence-corrected chi connectivity index (χ4v) is 5.95. The summed E-state index contributed by atoms with van der Waals surface area (Å²) in [4.78, 5) is 16.2. The van der Waals surface area contributed by atoms with E-state index in [1.54, 1.807) is 11.2 Å². The highest BCUT2D eigenvalue weighted by Crippen LogP contribution is 2.52. The van der Waals surface area contributed by atoms with E-state index in [1.165, 1.54) is 17.9 Å². The molecule has 0 spiro atoms. The minimum absolute atomic E-state index is 0.00408. The standard InChI is InChI=1S/C17H27N3O3S2/c1-16(2,3)23-15(21)20-8-6-19(7-9-20)14-13(12-22-18-14)17(4)24-10-5-11-25-17/h12H,5-11H2,1-4H3. The second-order valence-corrected chi connectivity index (χ2v) is 10.8. The van der Waals surface area contributed by atoms with Crippen molar-refractivity contribution in [1.29, 1.82) is 0 Å². The molecular weight excluding hydrogens is 358 g/mol. The Hall–Kier alpha value is -1.02. The number of piperazine rings is 1. The van der Waals surface area contributed by atoms with Gasteiger partial charge in [-0.3, -0.25) is 0 Å². The number of amides is 1. The van der Waals surface area contributed by atoms with Crippen molar-refractivity contribution in [3.05, 3.63) is 11.8 Å². The Labute approximate surface area is 158 Å². The summed E-state index contributed by atoms with van der Waals surface area (Å²) < 4.78 is 10.8. The first kappa shape index (κ1) is 18.8. The Morgan fingerprint density at radius 3 is 2.48 bits per heavy atom. The van der Waals surface area contributed by atoms with Gasteiger partial charge in [-0.05, 0) is 45.6 Å². The van der Waals surface area contributed by atoms with Crippen LogP contribution in [0.4, 0.5) is 10.6 Å². The summed E-state index contributed by atoms with van der Waals surface area (Å²) in [6.45, 7) is 10.7. The quantitative estimate of drug-likeness (QED) is 0.768. The molecule has 0 N–H and O–H groups in total. The van der Waals surface area contributed by atoms with E-state index < -0.39 is 5.60 Å². The van der Waals surface area contributed by atoms with Crippen molar-refractivity contribution >= 4 is 35.4 Å². The van der Waals surface area contributed by atoms with Gasteiger partial charge in [0.1, 0.15) is 11.9 Å². The van der Waals surface area contributed by atoms with Crippen LogP contribution in [-0.2, 0) is 8.82 Å². The second kappa shape index (κ2) is 7.31. The lowest BCUT2D eigenvalue weighted by atomic mass is 10.2. The molecule has 6 nitrogen and oxygen atoms in total. The summed E-state index contributed by atoms with van der Waals surface area (Å²) >= 11 is 3.93. The van der Waals surface area contributed by atoms with E-state index in [4.69, 9.17) is 9.26 Å². The molecule has 3 rings (SSSR count). The summed E-state index contributed by atoms with van der Waals surface area (Å²) in [5.41, 5.74) is 0.699. The smallest absolute Gasteiger partial charge is 0.410 e. The molecule has 25 heavy (non-hydrogen) atoms. The van der Waals surface area contributed by atoms with Crippen LogP contribution in [0, 0.1) is 0 Å². The number of hydrogen-bond donors (Lipinski definition) is 0. The van der Waals surface area contributed by atoms with Crippen molar-refractivity contribution in [2.45, 2.75) is 43.8 Å². The molecule has 0 unspecified atom stereocenters. The molecule has 0 radical (unpaired) electrons. The van der Waals surface area contributed by atoms with Crippen LogP contribution in [0.3, 0.4) is 0 Å². The number of anilines is 1. The molecule has 0 saturated carbocycles. The molecule has 1 amide bonds. The maximum atomic E-state index is 12.2. The first-order valence-corrected chi connectivity index (χ1v) is 10.7. The Kier molecular flexibility index (Phi) is 5.48. The molecule has 2 aliphatic heterocycles. The van der Waals surface area contributed by atoms with Gasteiger partial charge in [0.2, 0.25) is 0 Å². The Morgan fingerprint density at radius 1 is 1.24 bits per heavy atom. The van der Waals surface area contributed by atoms with Crippen LogP contribution >= 0.6 is 23.5 Å². The second-order valence-electron chi connectivity index (χ2n) is 7.50. The maximum Gasteiger partial charge on any atom is 0.410 e. The average molecular weight is 386 g/mol. The molecular formula is C17H27N3O3S2. The van der Waals surface area contributed by atoms with Crippen LogP contribution in [0.5, 0.6) is 0 Å². The number of ether oxygens (including phenoxy) is 1. The monoisotopic (exact) mass is 385 g/mol. The van der Waals surface area contributed by atoms with Gasteiger partial charge < -0.3 is 19.1 Å². The summed E-state index contributed by atoms with van der Waals surface area (Å²) in [6.07, 6.45) is 2.80. The zero-order chi connectivity index (χ0) is 18.1. The lowest BCUT2D eigenvalue weighted by molar-refractivity contribution is 0.0240. The van der Waals surface area contributed by atoms with Crippen LogP contribution < -0.4 is 4.90 Å². The summed E-state index contributed by atoms with van der Waals surface area (Å²) in [5, 5.41) is 4.28. The first-order valence-electron chi connectivity index (χ1n) is 8.74. The van der Waals surface area contributed by atoms with Gasteiger partial charge in [0, 0.05) is 26.2 Å². The molecule has 0 atom stereocenters. The summed E-state index contributed by atoms with van der Waals surface area (Å²) in [5.74, 6) is 3.26. The zero-order valence-corrected chi connectivity index (χ0v) is 17.0. The predicted octanol–water partition coefficient (Wildman–Crippen LogP) is 3.77. The molecule has 2 fully saturated rings. The average Bonchev–Trinajstić information content (AvgIpc) is 3.04. The molecule has 8 heteroatoms. The van der Waals surface area contributed by atoms with Gasteiger partial charge in [0.15, 0.2) is 5.82 Å². The lowest BCUT2D eigenvalue weighted by Gasteiger charge is -2.38. The van der Waals surface area contributed by atoms with Crippen molar-refractivity contribution in [2.24, 2.45) is 0 Å². The predicted molar refractivity (Wildman–Crippen MR) is 103 cm³/mol. The van der Waals surface area contributed by atoms with Crippen LogP contribution in [0.15, 0.2) is 10.8 Å². The third-order valence-corrected chi connectivity index (χ3v) is 7.55. The van der Waals surface area contributed by atoms with E-state index >= 15 is 0 Å². The minimum Gasteiger partial charge on any atom is -0.444 e. The van der Waals surface area contributed by atoms with Gasteiger partial charge in [0.25, 0.3) is 0 Å². The minimum atomic E-state index is -0.461. The molecule has 3 heterocycles. The maximum absolute atomic E-state index is 12.2. The topological polar surface area (TPSA) is 58.8 Å². The van der Waals surface area contributed by atoms with Crippen LogP contribution in [-0.4, -0.2) is 59.4 Å². The zero-order valence-electron chi connectivity index (χ0n) is 15.4. The van der Waals surface area contributed by atoms with E-state index in [9.17, 15) is 4.79 Å². The van der Waals surface area contributed by atoms with Crippen LogP contribution in [0.2, 0.25) is 0 Å². The molecule has 0 aliphatic carbocycles. The molecule has 1 aromatic rings. The van der Waals surface area contributed by atoms with Gasteiger partial charge in [0.05, 0.1) is 9.64 Å². The summed E-state index contributed by atoms with van der Waals surface area (Å²) in [6, 6.07) is 0. The van der Waals surface area contributed by atoms with E-state index in [0.717, 1.165) is 24.5 Å². The third-order valence-electron chi connectivity index (χ3n) is 4.31. The van der Waals surface area contributed by atoms with Crippen molar-refractivity contribution < 1.29 is 14.1 Å². The number of thioether (sulfide) groups is 2. The normalized spacial score (nSPS) is 21.3. The Balaban J connectivity index is 1.64. The molecule has 0 aromatic carbocycles. The number of rotatable bonds is 2. The SMILES string of the molecule is CC(C)(C)OC(=O)N1CCN(c2nocc2C2(C)SCCCS2)CC1. The number of carbonyl (C=O) groups is 1. The van der Waals surface area contributed by atoms with E-state index in [2.05, 4.69) is 17.0 Å². The first-order chi connectivity index (χ1) is 11.8. The van der Waals surface area contributed by atoms with Gasteiger partial charge in [-0.15, -0.1) is 23.5 Å². The fourth-order valence-electron chi connectivity index (χ4n) is 2.99. The van der Waals surface area contributed by atoms with E-state index in [0.29, 0.717) is 13.1 Å². The van der Waals surface area contributed by atoms with Gasteiger partial charge in [-0.1, -0.05) is 5.16 Å². The number of hydrogen-bond acceptors (Lipinski definition) is 7. The van der Waals surface area contributed by atoms with Gasteiger partial charge in [-0.2, -0.15) is 0 Å². The van der Waals surface area contributed by atoms with E-state index in [1.807, 2.05) is 44.3 Å². The lowest BCUT2D eigenvalue weighted by Crippen LogP contribution is -2.50. The molecule has 140 valence electrons. The van der Waals surface area contributed by atoms with E-state index in [-0.39, 0.29) is 10.2 Å². The highest BCUT2D eigenvalue weighted by molar-refractivity contribution is 8.18. The largest absolute Gasteiger partial charge is 0.444 e. The Bertz CT molecular complexity index is 601. The van der Waals surface area contributed by atoms with Crippen LogP contribution in [0.1, 0.15) is 39.7 Å². The molecule has 2 aliphatic rings. The molecule has 2 saturated heterocycles. The van der Waals surface area contributed by atoms with Gasteiger partial charge in [-0.25, -0.2) is 4.79 Å². The van der Waals surface area contributed by atoms with Crippen LogP contribution in [0.25, 0.3) is 0 Å². The number of aromatic nitrogens is 1. The van der Waals surface area contributed by atoms with Crippen molar-refractivity contribution in [2.75, 3.05) is 42.6 Å². The van der Waals surface area contributed by atoms with Gasteiger partial charge >= 0.3 is 6.09 Å². The van der Waals surface area contributed by atoms with Crippen molar-refractivity contribution in [3.63, 3.8) is 0 Å². The molecule has 0 bridgehead atoms. The molecule has 1 aromatic heterocycles. The van der Waals surface area contributed by atoms with Crippen molar-refractivity contribution in [3.8, 4) is 0 Å². The highest BCUT2D eigenvalue weighted by atomic mass is 32.2. The van der Waals surface area contributed by atoms with Crippen molar-refractivity contribution in [1.82, 2.24) is 10.1 Å². The summed E-state index contributed by atoms with van der Waals surface area (Å²) in [7, 11) is 0. The third kappa shape index (κ3) is 4.39. The fraction of sp³-hybridized carbons (Fsp3) is 0.765. The Morgan fingerprint density at radius 2 is 1.88 bits per heavy atom. The number of nitrogens with zero attached hydrogens (tertiary/aromatic N) is 3. The number of carbonyl (C=O) groups excluding carboxylic acids is 1.